The highest BCUT2D eigenvalue weighted by molar-refractivity contribution is 5.23. The summed E-state index contributed by atoms with van der Waals surface area (Å²) in [5, 5.41) is 11.5. The van der Waals surface area contributed by atoms with E-state index in [0.29, 0.717) is 24.5 Å². The van der Waals surface area contributed by atoms with Crippen molar-refractivity contribution in [2.75, 3.05) is 18.0 Å². The Labute approximate surface area is 109 Å². The summed E-state index contributed by atoms with van der Waals surface area (Å²) in [6.45, 7) is 6.95. The van der Waals surface area contributed by atoms with Gasteiger partial charge in [0.2, 0.25) is 5.89 Å². The van der Waals surface area contributed by atoms with Crippen LogP contribution in [0.4, 0.5) is 6.01 Å². The van der Waals surface area contributed by atoms with Crippen LogP contribution >= 0.6 is 0 Å². The summed E-state index contributed by atoms with van der Waals surface area (Å²) in [4.78, 5) is 2.23. The van der Waals surface area contributed by atoms with Crippen molar-refractivity contribution in [3.63, 3.8) is 0 Å². The Bertz CT molecular complexity index is 343. The minimum absolute atomic E-state index is 0.432. The van der Waals surface area contributed by atoms with Gasteiger partial charge >= 0.3 is 6.01 Å². The van der Waals surface area contributed by atoms with E-state index in [-0.39, 0.29) is 0 Å². The molecule has 1 aliphatic heterocycles. The lowest BCUT2D eigenvalue weighted by Crippen LogP contribution is -2.27. The normalized spacial score (nSPS) is 17.8. The van der Waals surface area contributed by atoms with Crippen LogP contribution < -0.4 is 10.2 Å². The van der Waals surface area contributed by atoms with Crippen molar-refractivity contribution in [1.29, 1.82) is 0 Å². The van der Waals surface area contributed by atoms with Gasteiger partial charge in [0.15, 0.2) is 0 Å². The van der Waals surface area contributed by atoms with E-state index in [9.17, 15) is 0 Å². The monoisotopic (exact) mass is 252 g/mol. The van der Waals surface area contributed by atoms with E-state index in [1.165, 1.54) is 32.1 Å². The molecule has 1 N–H and O–H groups in total. The molecule has 0 radical (unpaired) electrons. The van der Waals surface area contributed by atoms with Crippen molar-refractivity contribution >= 4 is 6.01 Å². The number of nitrogens with zero attached hydrogens (tertiary/aromatic N) is 3. The van der Waals surface area contributed by atoms with Crippen LogP contribution in [-0.4, -0.2) is 29.3 Å². The minimum Gasteiger partial charge on any atom is -0.407 e. The van der Waals surface area contributed by atoms with Crippen LogP contribution in [0.5, 0.6) is 0 Å². The summed E-state index contributed by atoms with van der Waals surface area (Å²) >= 11 is 0. The van der Waals surface area contributed by atoms with E-state index >= 15 is 0 Å². The molecule has 1 aromatic rings. The summed E-state index contributed by atoms with van der Waals surface area (Å²) in [5.74, 6) is 0.681. The molecule has 0 spiro atoms. The van der Waals surface area contributed by atoms with Gasteiger partial charge in [-0.15, -0.1) is 5.10 Å². The zero-order valence-electron chi connectivity index (χ0n) is 11.5. The van der Waals surface area contributed by atoms with Crippen molar-refractivity contribution in [2.24, 2.45) is 0 Å². The van der Waals surface area contributed by atoms with Crippen molar-refractivity contribution in [3.05, 3.63) is 5.89 Å². The number of anilines is 1. The van der Waals surface area contributed by atoms with Crippen molar-refractivity contribution in [3.8, 4) is 0 Å². The Morgan fingerprint density at radius 2 is 1.78 bits per heavy atom. The number of nitrogens with one attached hydrogen (secondary N) is 1. The molecule has 0 aliphatic carbocycles. The third-order valence-corrected chi connectivity index (χ3v) is 3.24. The molecule has 0 unspecified atom stereocenters. The zero-order chi connectivity index (χ0) is 12.8. The zero-order valence-corrected chi connectivity index (χ0v) is 11.5. The molecule has 1 aliphatic rings. The van der Waals surface area contributed by atoms with Crippen molar-refractivity contribution in [2.45, 2.75) is 58.5 Å². The van der Waals surface area contributed by atoms with Crippen LogP contribution in [-0.2, 0) is 6.54 Å². The molecule has 0 amide bonds. The van der Waals surface area contributed by atoms with Gasteiger partial charge in [-0.05, 0) is 12.8 Å². The lowest BCUT2D eigenvalue weighted by Gasteiger charge is -2.22. The van der Waals surface area contributed by atoms with Gasteiger partial charge in [-0.1, -0.05) is 38.2 Å². The second kappa shape index (κ2) is 6.73. The quantitative estimate of drug-likeness (QED) is 0.891. The van der Waals surface area contributed by atoms with E-state index in [1.807, 2.05) is 0 Å². The first kappa shape index (κ1) is 13.3. The highest BCUT2D eigenvalue weighted by Gasteiger charge is 2.15. The summed E-state index contributed by atoms with van der Waals surface area (Å²) < 4.78 is 5.71. The Morgan fingerprint density at radius 1 is 1.11 bits per heavy atom. The van der Waals surface area contributed by atoms with Gasteiger partial charge in [0.05, 0.1) is 6.54 Å². The maximum Gasteiger partial charge on any atom is 0.318 e. The lowest BCUT2D eigenvalue weighted by atomic mass is 10.1. The van der Waals surface area contributed by atoms with Crippen LogP contribution in [0, 0.1) is 0 Å². The third kappa shape index (κ3) is 3.98. The number of rotatable bonds is 4. The maximum atomic E-state index is 5.71. The summed E-state index contributed by atoms with van der Waals surface area (Å²) in [6, 6.07) is 1.12. The molecule has 0 atom stereocenters. The standard InChI is InChI=1S/C13H24N4O/c1-11(2)14-10-12-15-16-13(18-12)17-8-6-4-3-5-7-9-17/h11,14H,3-10H2,1-2H3. The predicted octanol–water partition coefficient (Wildman–Crippen LogP) is 2.34. The van der Waals surface area contributed by atoms with E-state index in [0.717, 1.165) is 13.1 Å². The fourth-order valence-electron chi connectivity index (χ4n) is 2.17. The molecule has 1 fully saturated rings. The van der Waals surface area contributed by atoms with Crippen molar-refractivity contribution < 1.29 is 4.42 Å². The number of hydrogen-bond acceptors (Lipinski definition) is 5. The minimum atomic E-state index is 0.432. The van der Waals surface area contributed by atoms with Crippen LogP contribution in [0.3, 0.4) is 0 Å². The second-order valence-electron chi connectivity index (χ2n) is 5.27. The van der Waals surface area contributed by atoms with Gasteiger partial charge in [-0.3, -0.25) is 0 Å². The lowest BCUT2D eigenvalue weighted by molar-refractivity contribution is 0.437. The van der Waals surface area contributed by atoms with Crippen LogP contribution in [0.1, 0.15) is 51.8 Å². The van der Waals surface area contributed by atoms with Gasteiger partial charge in [0, 0.05) is 19.1 Å². The van der Waals surface area contributed by atoms with Crippen LogP contribution in [0.15, 0.2) is 4.42 Å². The molecule has 2 rings (SSSR count). The first-order chi connectivity index (χ1) is 8.75. The van der Waals surface area contributed by atoms with E-state index in [1.54, 1.807) is 0 Å². The third-order valence-electron chi connectivity index (χ3n) is 3.24. The SMILES string of the molecule is CC(C)NCc1nnc(N2CCCCCCC2)o1. The van der Waals surface area contributed by atoms with Crippen LogP contribution in [0.25, 0.3) is 0 Å². The van der Waals surface area contributed by atoms with Gasteiger partial charge in [0.25, 0.3) is 0 Å². The van der Waals surface area contributed by atoms with Gasteiger partial charge in [-0.2, -0.15) is 0 Å². The van der Waals surface area contributed by atoms with E-state index < -0.39 is 0 Å². The van der Waals surface area contributed by atoms with Crippen molar-refractivity contribution in [1.82, 2.24) is 15.5 Å². The van der Waals surface area contributed by atoms with Gasteiger partial charge < -0.3 is 14.6 Å². The largest absolute Gasteiger partial charge is 0.407 e. The van der Waals surface area contributed by atoms with E-state index in [4.69, 9.17) is 4.42 Å². The number of aromatic nitrogens is 2. The Morgan fingerprint density at radius 3 is 2.44 bits per heavy atom. The first-order valence-electron chi connectivity index (χ1n) is 7.06. The number of hydrogen-bond donors (Lipinski definition) is 1. The Kier molecular flexibility index (Phi) is 4.99. The average Bonchev–Trinajstić information content (AvgIpc) is 2.74. The molecule has 102 valence electrons. The smallest absolute Gasteiger partial charge is 0.318 e. The summed E-state index contributed by atoms with van der Waals surface area (Å²) in [5.41, 5.74) is 0. The molecule has 0 bridgehead atoms. The highest BCUT2D eigenvalue weighted by atomic mass is 16.4. The molecule has 0 saturated carbocycles. The fraction of sp³-hybridized carbons (Fsp3) is 0.846. The first-order valence-corrected chi connectivity index (χ1v) is 7.06. The van der Waals surface area contributed by atoms with Gasteiger partial charge in [0.1, 0.15) is 0 Å². The van der Waals surface area contributed by atoms with Crippen LogP contribution in [0.2, 0.25) is 0 Å². The predicted molar refractivity (Wildman–Crippen MR) is 71.6 cm³/mol. The summed E-state index contributed by atoms with van der Waals surface area (Å²) in [7, 11) is 0. The molecular formula is C13H24N4O. The summed E-state index contributed by atoms with van der Waals surface area (Å²) in [6.07, 6.45) is 6.43. The molecule has 5 heteroatoms. The maximum absolute atomic E-state index is 5.71. The molecule has 5 nitrogen and oxygen atoms in total. The highest BCUT2D eigenvalue weighted by Crippen LogP contribution is 2.17. The molecule has 18 heavy (non-hydrogen) atoms. The molecule has 1 saturated heterocycles. The van der Waals surface area contributed by atoms with Gasteiger partial charge in [-0.25, -0.2) is 0 Å². The Hall–Kier alpha value is -1.10. The van der Waals surface area contributed by atoms with E-state index in [2.05, 4.69) is 34.3 Å². The molecule has 1 aromatic heterocycles. The average molecular weight is 252 g/mol. The molecule has 2 heterocycles. The fourth-order valence-corrected chi connectivity index (χ4v) is 2.17. The second-order valence-corrected chi connectivity index (χ2v) is 5.27. The molecule has 0 aromatic carbocycles. The topological polar surface area (TPSA) is 54.2 Å². The molecular weight excluding hydrogens is 228 g/mol. The Balaban J connectivity index is 1.90.